The molecule has 5 heteroatoms. The Morgan fingerprint density at radius 1 is 1.50 bits per heavy atom. The summed E-state index contributed by atoms with van der Waals surface area (Å²) in [5.41, 5.74) is 0.547. The second-order valence-corrected chi connectivity index (χ2v) is 3.42. The Labute approximate surface area is 93.8 Å². The molecule has 0 bridgehead atoms. The Hall–Kier alpha value is -1.62. The molecule has 5 nitrogen and oxygen atoms in total. The molecule has 1 N–H and O–H groups in total. The number of unbranched alkanes of at least 4 members (excludes halogenated alkanes) is 1. The zero-order valence-corrected chi connectivity index (χ0v) is 9.18. The number of hydrogen-bond donors (Lipinski definition) is 1. The zero-order chi connectivity index (χ0) is 12.0. The number of hydrogen-bond acceptors (Lipinski definition) is 4. The van der Waals surface area contributed by atoms with E-state index in [4.69, 9.17) is 9.84 Å². The van der Waals surface area contributed by atoms with Crippen LogP contribution in [0, 0.1) is 10.1 Å². The predicted octanol–water partition coefficient (Wildman–Crippen LogP) is 2.27. The van der Waals surface area contributed by atoms with Crippen LogP contribution >= 0.6 is 0 Å². The Morgan fingerprint density at radius 3 is 2.81 bits per heavy atom. The van der Waals surface area contributed by atoms with Gasteiger partial charge in [-0.1, -0.05) is 13.3 Å². The van der Waals surface area contributed by atoms with Crippen LogP contribution in [0.5, 0.6) is 5.75 Å². The lowest BCUT2D eigenvalue weighted by Gasteiger charge is -2.07. The van der Waals surface area contributed by atoms with Crippen LogP contribution in [0.1, 0.15) is 25.3 Å². The van der Waals surface area contributed by atoms with E-state index >= 15 is 0 Å². The third-order valence-corrected chi connectivity index (χ3v) is 2.16. The third-order valence-electron chi connectivity index (χ3n) is 2.16. The van der Waals surface area contributed by atoms with Crippen molar-refractivity contribution in [3.63, 3.8) is 0 Å². The molecule has 0 aromatic heterocycles. The Kier molecular flexibility index (Phi) is 4.72. The summed E-state index contributed by atoms with van der Waals surface area (Å²) in [6, 6.07) is 4.38. The predicted molar refractivity (Wildman–Crippen MR) is 59.4 cm³/mol. The van der Waals surface area contributed by atoms with Gasteiger partial charge < -0.3 is 9.84 Å². The molecular weight excluding hydrogens is 210 g/mol. The minimum atomic E-state index is -0.484. The Morgan fingerprint density at radius 2 is 2.25 bits per heavy atom. The molecule has 0 aliphatic heterocycles. The van der Waals surface area contributed by atoms with Crippen LogP contribution < -0.4 is 4.74 Å². The van der Waals surface area contributed by atoms with Crippen molar-refractivity contribution in [3.05, 3.63) is 33.9 Å². The van der Waals surface area contributed by atoms with Gasteiger partial charge in [0.2, 0.25) is 0 Å². The highest BCUT2D eigenvalue weighted by molar-refractivity contribution is 5.48. The van der Waals surface area contributed by atoms with Gasteiger partial charge in [-0.3, -0.25) is 10.1 Å². The fraction of sp³-hybridized carbons (Fsp3) is 0.455. The lowest BCUT2D eigenvalue weighted by atomic mass is 10.2. The molecular formula is C11H15NO4. The number of ether oxygens (including phenoxy) is 1. The lowest BCUT2D eigenvalue weighted by molar-refractivity contribution is -0.385. The highest BCUT2D eigenvalue weighted by Gasteiger charge is 2.15. The molecule has 0 heterocycles. The summed E-state index contributed by atoms with van der Waals surface area (Å²) >= 11 is 0. The maximum atomic E-state index is 10.7. The standard InChI is InChI=1S/C11H15NO4/c1-2-3-6-16-11-7-9(8-13)4-5-10(11)12(14)15/h4-5,7,13H,2-3,6,8H2,1H3. The molecule has 16 heavy (non-hydrogen) atoms. The summed E-state index contributed by atoms with van der Waals surface area (Å²) in [7, 11) is 0. The van der Waals surface area contributed by atoms with Crippen molar-refractivity contribution in [3.8, 4) is 5.75 Å². The highest BCUT2D eigenvalue weighted by atomic mass is 16.6. The molecule has 0 aliphatic carbocycles. The van der Waals surface area contributed by atoms with Crippen molar-refractivity contribution in [1.82, 2.24) is 0 Å². The summed E-state index contributed by atoms with van der Waals surface area (Å²) < 4.78 is 5.33. The molecule has 0 amide bonds. The first kappa shape index (κ1) is 12.4. The number of nitro benzene ring substituents is 1. The number of aliphatic hydroxyl groups excluding tert-OH is 1. The maximum absolute atomic E-state index is 10.7. The van der Waals surface area contributed by atoms with Crippen molar-refractivity contribution < 1.29 is 14.8 Å². The Bertz CT molecular complexity index is 365. The topological polar surface area (TPSA) is 72.6 Å². The molecule has 1 aromatic rings. The highest BCUT2D eigenvalue weighted by Crippen LogP contribution is 2.28. The first-order valence-electron chi connectivity index (χ1n) is 5.20. The molecule has 88 valence electrons. The number of aliphatic hydroxyl groups is 1. The monoisotopic (exact) mass is 225 g/mol. The molecule has 0 unspecified atom stereocenters. The zero-order valence-electron chi connectivity index (χ0n) is 9.18. The second-order valence-electron chi connectivity index (χ2n) is 3.42. The molecule has 0 spiro atoms. The largest absolute Gasteiger partial charge is 0.487 e. The summed E-state index contributed by atoms with van der Waals surface area (Å²) in [5.74, 6) is 0.227. The van der Waals surface area contributed by atoms with Gasteiger partial charge in [0, 0.05) is 6.07 Å². The summed E-state index contributed by atoms with van der Waals surface area (Å²) in [6.45, 7) is 2.32. The Balaban J connectivity index is 2.87. The van der Waals surface area contributed by atoms with E-state index in [1.807, 2.05) is 6.92 Å². The summed E-state index contributed by atoms with van der Waals surface area (Å²) in [5, 5.41) is 19.7. The van der Waals surface area contributed by atoms with E-state index in [9.17, 15) is 10.1 Å². The molecule has 0 saturated carbocycles. The van der Waals surface area contributed by atoms with Crippen molar-refractivity contribution in [2.24, 2.45) is 0 Å². The number of nitro groups is 1. The van der Waals surface area contributed by atoms with E-state index in [-0.39, 0.29) is 18.0 Å². The number of rotatable bonds is 6. The fourth-order valence-corrected chi connectivity index (χ4v) is 1.25. The SMILES string of the molecule is CCCCOc1cc(CO)ccc1[N+](=O)[O-]. The maximum Gasteiger partial charge on any atom is 0.310 e. The average molecular weight is 225 g/mol. The number of benzene rings is 1. The van der Waals surface area contributed by atoms with Crippen LogP contribution in [0.15, 0.2) is 18.2 Å². The van der Waals surface area contributed by atoms with Gasteiger partial charge in [-0.05, 0) is 24.1 Å². The van der Waals surface area contributed by atoms with Crippen LogP contribution in [0.2, 0.25) is 0 Å². The van der Waals surface area contributed by atoms with E-state index in [2.05, 4.69) is 0 Å². The molecule has 1 aromatic carbocycles. The van der Waals surface area contributed by atoms with E-state index in [1.54, 1.807) is 0 Å². The van der Waals surface area contributed by atoms with Gasteiger partial charge >= 0.3 is 5.69 Å². The molecule has 1 rings (SSSR count). The fourth-order valence-electron chi connectivity index (χ4n) is 1.25. The van der Waals surface area contributed by atoms with Crippen LogP contribution in [0.4, 0.5) is 5.69 Å². The molecule has 0 saturated heterocycles. The van der Waals surface area contributed by atoms with Gasteiger partial charge in [0.05, 0.1) is 18.1 Å². The first-order chi connectivity index (χ1) is 7.69. The number of nitrogens with zero attached hydrogens (tertiary/aromatic N) is 1. The first-order valence-corrected chi connectivity index (χ1v) is 5.20. The van der Waals surface area contributed by atoms with Crippen molar-refractivity contribution in [1.29, 1.82) is 0 Å². The van der Waals surface area contributed by atoms with Crippen molar-refractivity contribution in [2.45, 2.75) is 26.4 Å². The summed E-state index contributed by atoms with van der Waals surface area (Å²) in [6.07, 6.45) is 1.81. The molecule has 0 aliphatic rings. The van der Waals surface area contributed by atoms with Crippen molar-refractivity contribution in [2.75, 3.05) is 6.61 Å². The van der Waals surface area contributed by atoms with Crippen LogP contribution in [-0.4, -0.2) is 16.6 Å². The smallest absolute Gasteiger partial charge is 0.310 e. The van der Waals surface area contributed by atoms with Crippen LogP contribution in [0.3, 0.4) is 0 Å². The van der Waals surface area contributed by atoms with Gasteiger partial charge in [-0.15, -0.1) is 0 Å². The van der Waals surface area contributed by atoms with E-state index in [0.717, 1.165) is 12.8 Å². The normalized spacial score (nSPS) is 10.1. The third kappa shape index (κ3) is 3.20. The quantitative estimate of drug-likeness (QED) is 0.458. The van der Waals surface area contributed by atoms with E-state index < -0.39 is 4.92 Å². The van der Waals surface area contributed by atoms with Gasteiger partial charge in [0.25, 0.3) is 0 Å². The molecule has 0 fully saturated rings. The lowest BCUT2D eigenvalue weighted by Crippen LogP contribution is -2.01. The van der Waals surface area contributed by atoms with E-state index in [0.29, 0.717) is 12.2 Å². The molecule has 0 atom stereocenters. The van der Waals surface area contributed by atoms with E-state index in [1.165, 1.54) is 18.2 Å². The molecule has 0 radical (unpaired) electrons. The van der Waals surface area contributed by atoms with Gasteiger partial charge in [0.15, 0.2) is 5.75 Å². The van der Waals surface area contributed by atoms with Crippen LogP contribution in [0.25, 0.3) is 0 Å². The summed E-state index contributed by atoms with van der Waals surface area (Å²) in [4.78, 5) is 10.2. The van der Waals surface area contributed by atoms with Crippen LogP contribution in [-0.2, 0) is 6.61 Å². The minimum Gasteiger partial charge on any atom is -0.487 e. The van der Waals surface area contributed by atoms with Gasteiger partial charge in [-0.2, -0.15) is 0 Å². The second kappa shape index (κ2) is 6.07. The van der Waals surface area contributed by atoms with Gasteiger partial charge in [-0.25, -0.2) is 0 Å². The minimum absolute atomic E-state index is 0.0618. The average Bonchev–Trinajstić information content (AvgIpc) is 2.29. The van der Waals surface area contributed by atoms with Gasteiger partial charge in [0.1, 0.15) is 0 Å². The van der Waals surface area contributed by atoms with Crippen molar-refractivity contribution >= 4 is 5.69 Å².